The summed E-state index contributed by atoms with van der Waals surface area (Å²) in [6.45, 7) is -0.357. The number of benzene rings is 1. The third-order valence-electron chi connectivity index (χ3n) is 3.47. The van der Waals surface area contributed by atoms with Gasteiger partial charge in [-0.05, 0) is 18.1 Å². The Kier molecular flexibility index (Phi) is 5.08. The van der Waals surface area contributed by atoms with Crippen LogP contribution in [0.3, 0.4) is 0 Å². The van der Waals surface area contributed by atoms with Gasteiger partial charge < -0.3 is 14.8 Å². The molecule has 1 heterocycles. The van der Waals surface area contributed by atoms with Crippen LogP contribution in [0.15, 0.2) is 18.2 Å². The van der Waals surface area contributed by atoms with E-state index in [-0.39, 0.29) is 36.5 Å². The number of ketones is 1. The van der Waals surface area contributed by atoms with E-state index in [1.54, 1.807) is 12.1 Å². The average Bonchev–Trinajstić information content (AvgIpc) is 2.44. The lowest BCUT2D eigenvalue weighted by Gasteiger charge is -2.28. The lowest BCUT2D eigenvalue weighted by molar-refractivity contribution is -0.118. The molecular formula is C13H16BNO7S. The first-order chi connectivity index (χ1) is 10.7. The van der Waals surface area contributed by atoms with Crippen LogP contribution in [-0.2, 0) is 21.2 Å². The summed E-state index contributed by atoms with van der Waals surface area (Å²) in [6, 6.07) is 4.60. The molecule has 0 aliphatic carbocycles. The maximum absolute atomic E-state index is 11.8. The maximum Gasteiger partial charge on any atom is 0.526 e. The van der Waals surface area contributed by atoms with Crippen LogP contribution in [-0.4, -0.2) is 50.2 Å². The number of hydrogen-bond donors (Lipinski definition) is 3. The van der Waals surface area contributed by atoms with Crippen molar-refractivity contribution in [2.45, 2.75) is 18.7 Å². The lowest BCUT2D eigenvalue weighted by atomic mass is 9.64. The zero-order chi connectivity index (χ0) is 17.2. The van der Waals surface area contributed by atoms with E-state index in [0.29, 0.717) is 5.56 Å². The van der Waals surface area contributed by atoms with Gasteiger partial charge in [-0.2, -0.15) is 0 Å². The van der Waals surface area contributed by atoms with Crippen molar-refractivity contribution in [3.8, 4) is 5.75 Å². The largest absolute Gasteiger partial charge is 0.535 e. The predicted octanol–water partition coefficient (Wildman–Crippen LogP) is -0.321. The second-order valence-electron chi connectivity index (χ2n) is 5.41. The third-order valence-corrected chi connectivity index (χ3v) is 4.14. The Hall–Kier alpha value is -1.91. The highest BCUT2D eigenvalue weighted by molar-refractivity contribution is 7.88. The molecule has 23 heavy (non-hydrogen) atoms. The van der Waals surface area contributed by atoms with Gasteiger partial charge in [-0.1, -0.05) is 12.1 Å². The Balaban J connectivity index is 2.08. The predicted molar refractivity (Wildman–Crippen MR) is 81.9 cm³/mol. The SMILES string of the molecule is CS(=O)(=O)NCC(=O)C[C@H]1Cc2cccc(C(=O)O)c2OB1O. The number of rotatable bonds is 6. The molecule has 0 saturated carbocycles. The number of nitrogens with one attached hydrogen (secondary N) is 1. The van der Waals surface area contributed by atoms with Crippen molar-refractivity contribution in [2.75, 3.05) is 12.8 Å². The van der Waals surface area contributed by atoms with Crippen LogP contribution in [0.25, 0.3) is 0 Å². The summed E-state index contributed by atoms with van der Waals surface area (Å²) in [5.41, 5.74) is 0.536. The molecule has 1 aromatic rings. The quantitative estimate of drug-likeness (QED) is 0.605. The average molecular weight is 341 g/mol. The third kappa shape index (κ3) is 4.53. The molecule has 1 aliphatic heterocycles. The smallest absolute Gasteiger partial charge is 0.526 e. The Bertz CT molecular complexity index is 734. The molecule has 0 bridgehead atoms. The first kappa shape index (κ1) is 17.4. The van der Waals surface area contributed by atoms with Crippen LogP contribution < -0.4 is 9.38 Å². The first-order valence-electron chi connectivity index (χ1n) is 6.83. The number of carboxylic acids is 1. The summed E-state index contributed by atoms with van der Waals surface area (Å²) >= 11 is 0. The summed E-state index contributed by atoms with van der Waals surface area (Å²) in [7, 11) is -4.80. The van der Waals surface area contributed by atoms with E-state index < -0.39 is 28.9 Å². The highest BCUT2D eigenvalue weighted by Crippen LogP contribution is 2.36. The molecule has 0 unspecified atom stereocenters. The number of carbonyl (C=O) groups excluding carboxylic acids is 1. The van der Waals surface area contributed by atoms with E-state index >= 15 is 0 Å². The van der Waals surface area contributed by atoms with E-state index in [0.717, 1.165) is 6.26 Å². The molecule has 8 nitrogen and oxygen atoms in total. The van der Waals surface area contributed by atoms with Crippen LogP contribution in [0.5, 0.6) is 5.75 Å². The Labute approximate surface area is 133 Å². The van der Waals surface area contributed by atoms with Crippen LogP contribution in [0.1, 0.15) is 22.3 Å². The van der Waals surface area contributed by atoms with Gasteiger partial charge in [0.05, 0.1) is 18.4 Å². The van der Waals surface area contributed by atoms with Crippen molar-refractivity contribution in [3.05, 3.63) is 29.3 Å². The molecule has 124 valence electrons. The normalized spacial score (nSPS) is 17.3. The highest BCUT2D eigenvalue weighted by atomic mass is 32.2. The molecule has 3 N–H and O–H groups in total. The minimum absolute atomic E-state index is 0.0509. The highest BCUT2D eigenvalue weighted by Gasteiger charge is 2.37. The molecule has 1 aromatic carbocycles. The van der Waals surface area contributed by atoms with Gasteiger partial charge in [-0.3, -0.25) is 4.79 Å². The van der Waals surface area contributed by atoms with Gasteiger partial charge in [0.25, 0.3) is 0 Å². The number of aromatic carboxylic acids is 1. The van der Waals surface area contributed by atoms with E-state index in [9.17, 15) is 23.0 Å². The second-order valence-corrected chi connectivity index (χ2v) is 7.24. The van der Waals surface area contributed by atoms with E-state index in [1.807, 2.05) is 0 Å². The maximum atomic E-state index is 11.8. The van der Waals surface area contributed by atoms with E-state index in [4.69, 9.17) is 9.76 Å². The number of fused-ring (bicyclic) bond motifs is 1. The molecule has 2 rings (SSSR count). The summed E-state index contributed by atoms with van der Waals surface area (Å²) < 4.78 is 29.3. The van der Waals surface area contributed by atoms with Crippen molar-refractivity contribution in [1.29, 1.82) is 0 Å². The van der Waals surface area contributed by atoms with Gasteiger partial charge in [0, 0.05) is 12.2 Å². The molecule has 10 heteroatoms. The fourth-order valence-corrected chi connectivity index (χ4v) is 2.83. The van der Waals surface area contributed by atoms with Gasteiger partial charge in [0.2, 0.25) is 10.0 Å². The number of carboxylic acid groups (broad SMARTS) is 1. The van der Waals surface area contributed by atoms with Gasteiger partial charge in [-0.25, -0.2) is 17.9 Å². The number of sulfonamides is 1. The lowest BCUT2D eigenvalue weighted by Crippen LogP contribution is -2.37. The molecule has 0 radical (unpaired) electrons. The Morgan fingerprint density at radius 1 is 1.43 bits per heavy atom. The molecule has 0 fully saturated rings. The summed E-state index contributed by atoms with van der Waals surface area (Å²) in [4.78, 5) is 22.9. The Morgan fingerprint density at radius 3 is 2.74 bits per heavy atom. The van der Waals surface area contributed by atoms with Gasteiger partial charge in [0.1, 0.15) is 11.5 Å². The van der Waals surface area contributed by atoms with E-state index in [1.165, 1.54) is 6.07 Å². The van der Waals surface area contributed by atoms with Crippen molar-refractivity contribution in [3.63, 3.8) is 0 Å². The van der Waals surface area contributed by atoms with Crippen LogP contribution in [0, 0.1) is 0 Å². The van der Waals surface area contributed by atoms with Crippen molar-refractivity contribution in [2.24, 2.45) is 0 Å². The first-order valence-corrected chi connectivity index (χ1v) is 8.73. The number of hydrogen-bond acceptors (Lipinski definition) is 6. The topological polar surface area (TPSA) is 130 Å². The second kappa shape index (κ2) is 6.69. The Morgan fingerprint density at radius 2 is 2.13 bits per heavy atom. The van der Waals surface area contributed by atoms with E-state index in [2.05, 4.69) is 4.72 Å². The van der Waals surface area contributed by atoms with Crippen molar-refractivity contribution in [1.82, 2.24) is 4.72 Å². The zero-order valence-corrected chi connectivity index (χ0v) is 13.2. The van der Waals surface area contributed by atoms with Gasteiger partial charge in [0.15, 0.2) is 0 Å². The number of Topliss-reactive ketones (excluding diaryl/α,β-unsaturated/α-hetero) is 1. The molecule has 1 atom stereocenters. The molecule has 0 saturated heterocycles. The molecule has 1 aliphatic rings. The summed E-state index contributed by atoms with van der Waals surface area (Å²) in [5, 5.41) is 19.1. The van der Waals surface area contributed by atoms with Gasteiger partial charge >= 0.3 is 13.1 Å². The van der Waals surface area contributed by atoms with Gasteiger partial charge in [-0.15, -0.1) is 0 Å². The molecule has 0 aromatic heterocycles. The monoisotopic (exact) mass is 341 g/mol. The van der Waals surface area contributed by atoms with Crippen LogP contribution in [0.4, 0.5) is 0 Å². The standard InChI is InChI=1S/C13H16BNO7S/c1-23(20,21)15-7-10(16)6-9-5-8-3-2-4-11(13(17)18)12(8)22-14(9)19/h2-4,9,15,19H,5-7H2,1H3,(H,17,18)/t9-/m1/s1. The summed E-state index contributed by atoms with van der Waals surface area (Å²) in [6.07, 6.45) is 1.13. The van der Waals surface area contributed by atoms with Crippen molar-refractivity contribution < 1.29 is 32.8 Å². The fraction of sp³-hybridized carbons (Fsp3) is 0.385. The van der Waals surface area contributed by atoms with Crippen LogP contribution >= 0.6 is 0 Å². The van der Waals surface area contributed by atoms with Crippen LogP contribution in [0.2, 0.25) is 5.82 Å². The minimum atomic E-state index is -3.47. The molecular weight excluding hydrogens is 325 g/mol. The molecule has 0 amide bonds. The number of para-hydroxylation sites is 1. The number of carbonyl (C=O) groups is 2. The molecule has 0 spiro atoms. The summed E-state index contributed by atoms with van der Waals surface area (Å²) in [5.74, 6) is -2.02. The minimum Gasteiger partial charge on any atom is -0.535 e. The fourth-order valence-electron chi connectivity index (χ4n) is 2.40. The zero-order valence-electron chi connectivity index (χ0n) is 12.4. The van der Waals surface area contributed by atoms with Crippen molar-refractivity contribution >= 4 is 28.9 Å².